The summed E-state index contributed by atoms with van der Waals surface area (Å²) in [4.78, 5) is 16.8. The van der Waals surface area contributed by atoms with Gasteiger partial charge in [-0.1, -0.05) is 72.3 Å². The highest BCUT2D eigenvalue weighted by molar-refractivity contribution is 6.34. The smallest absolute Gasteiger partial charge is 0.230 e. The molecule has 2 N–H and O–H groups in total. The molecule has 0 amide bonds. The van der Waals surface area contributed by atoms with Crippen molar-refractivity contribution < 1.29 is 23.7 Å². The topological polar surface area (TPSA) is 124 Å². The van der Waals surface area contributed by atoms with Crippen LogP contribution in [-0.2, 0) is 13.2 Å². The van der Waals surface area contributed by atoms with E-state index in [2.05, 4.69) is 19.9 Å². The molecule has 0 saturated heterocycles. The van der Waals surface area contributed by atoms with E-state index in [-0.39, 0.29) is 0 Å². The predicted octanol–water partition coefficient (Wildman–Crippen LogP) is 8.46. The molecule has 7 rings (SSSR count). The van der Waals surface area contributed by atoms with E-state index in [9.17, 15) is 0 Å². The lowest BCUT2D eigenvalue weighted by atomic mass is 10.2. The van der Waals surface area contributed by atoms with Gasteiger partial charge in [0.1, 0.15) is 36.8 Å². The summed E-state index contributed by atoms with van der Waals surface area (Å²) >= 11 is 6.06. The van der Waals surface area contributed by atoms with Crippen LogP contribution >= 0.6 is 11.6 Å². The molecule has 11 heteroatoms. The monoisotopic (exact) mass is 673 g/mol. The van der Waals surface area contributed by atoms with Crippen molar-refractivity contribution in [1.29, 1.82) is 0 Å². The van der Waals surface area contributed by atoms with E-state index >= 15 is 0 Å². The van der Waals surface area contributed by atoms with Gasteiger partial charge < -0.3 is 29.4 Å². The van der Waals surface area contributed by atoms with E-state index in [1.807, 2.05) is 78.9 Å². The Kier molecular flexibility index (Phi) is 10.5. The maximum atomic E-state index is 6.06. The fourth-order valence-electron chi connectivity index (χ4n) is 4.82. The fraction of sp³-hybridized carbons (Fsp3) is 0.105. The van der Waals surface area contributed by atoms with Crippen molar-refractivity contribution in [1.82, 2.24) is 19.9 Å². The first-order valence-corrected chi connectivity index (χ1v) is 15.6. The quantitative estimate of drug-likeness (QED) is 0.112. The molecule has 246 valence electrons. The van der Waals surface area contributed by atoms with E-state index in [4.69, 9.17) is 41.0 Å². The Labute approximate surface area is 288 Å². The minimum atomic E-state index is 0.396. The second-order valence-electron chi connectivity index (χ2n) is 10.6. The Bertz CT molecular complexity index is 2150. The van der Waals surface area contributed by atoms with Crippen molar-refractivity contribution in [2.75, 3.05) is 20.0 Å². The van der Waals surface area contributed by atoms with Crippen LogP contribution in [0.1, 0.15) is 11.1 Å². The van der Waals surface area contributed by atoms with Crippen molar-refractivity contribution >= 4 is 39.1 Å². The number of ether oxygens (including phenoxy) is 5. The van der Waals surface area contributed by atoms with Crippen LogP contribution in [0.4, 0.5) is 5.69 Å². The van der Waals surface area contributed by atoms with Crippen LogP contribution in [0.25, 0.3) is 21.8 Å². The largest absolute Gasteiger partial charge is 0.493 e. The molecule has 0 atom stereocenters. The molecule has 0 bridgehead atoms. The van der Waals surface area contributed by atoms with Crippen LogP contribution in [0.15, 0.2) is 122 Å². The molecule has 2 heterocycles. The van der Waals surface area contributed by atoms with Gasteiger partial charge in [0.2, 0.25) is 5.88 Å². The summed E-state index contributed by atoms with van der Waals surface area (Å²) in [5.41, 5.74) is 9.96. The Morgan fingerprint density at radius 2 is 1.08 bits per heavy atom. The summed E-state index contributed by atoms with van der Waals surface area (Å²) in [5, 5.41) is 1.86. The summed E-state index contributed by atoms with van der Waals surface area (Å²) in [6.45, 7) is 0.893. The SMILES string of the molecule is COc1cc2c(Cl)ncnc2cc1OCc1ccccc1.COc1cc2c(Oc3ccc(N)cc3)ncnc2cc1OCc1ccccc1. The zero-order valence-corrected chi connectivity index (χ0v) is 27.5. The number of nitrogen functional groups attached to an aromatic ring is 1. The third-order valence-corrected chi connectivity index (χ3v) is 7.63. The minimum Gasteiger partial charge on any atom is -0.493 e. The van der Waals surface area contributed by atoms with Crippen LogP contribution in [-0.4, -0.2) is 34.2 Å². The summed E-state index contributed by atoms with van der Waals surface area (Å²) < 4.78 is 28.6. The summed E-state index contributed by atoms with van der Waals surface area (Å²) in [7, 11) is 3.19. The zero-order valence-electron chi connectivity index (χ0n) is 26.7. The van der Waals surface area contributed by atoms with Crippen molar-refractivity contribution in [3.05, 3.63) is 138 Å². The Morgan fingerprint density at radius 1 is 0.571 bits per heavy atom. The van der Waals surface area contributed by atoms with E-state index in [0.717, 1.165) is 27.4 Å². The number of halogens is 1. The predicted molar refractivity (Wildman–Crippen MR) is 190 cm³/mol. The van der Waals surface area contributed by atoms with E-state index in [0.29, 0.717) is 64.2 Å². The standard InChI is InChI=1S/C22H19N3O3.C16H13ClN2O2/c1-26-20-11-18-19(12-21(20)27-13-15-5-3-2-4-6-15)24-14-25-22(18)28-17-9-7-16(23)8-10-17;1-20-14-7-12-13(18-10-19-16(12)17)8-15(14)21-9-11-5-3-2-4-6-11/h2-12,14H,13,23H2,1H3;2-8,10H,9H2,1H3. The number of aromatic nitrogens is 4. The molecule has 0 unspecified atom stereocenters. The highest BCUT2D eigenvalue weighted by Gasteiger charge is 2.14. The number of benzene rings is 5. The van der Waals surface area contributed by atoms with Crippen molar-refractivity contribution in [3.8, 4) is 34.6 Å². The van der Waals surface area contributed by atoms with Crippen molar-refractivity contribution in [3.63, 3.8) is 0 Å². The first-order chi connectivity index (χ1) is 24.0. The van der Waals surface area contributed by atoms with Crippen molar-refractivity contribution in [2.24, 2.45) is 0 Å². The molecule has 0 spiro atoms. The number of nitrogens with two attached hydrogens (primary N) is 1. The molecule has 0 radical (unpaired) electrons. The van der Waals surface area contributed by atoms with Gasteiger partial charge in [-0.3, -0.25) is 0 Å². The summed E-state index contributed by atoms with van der Waals surface area (Å²) in [6.07, 6.45) is 2.89. The molecule has 0 saturated carbocycles. The first-order valence-electron chi connectivity index (χ1n) is 15.2. The van der Waals surface area contributed by atoms with Gasteiger partial charge in [-0.05, 0) is 47.5 Å². The van der Waals surface area contributed by atoms with Gasteiger partial charge in [0.05, 0.1) is 30.6 Å². The zero-order chi connectivity index (χ0) is 34.0. The van der Waals surface area contributed by atoms with Gasteiger partial charge in [-0.2, -0.15) is 0 Å². The maximum Gasteiger partial charge on any atom is 0.230 e. The number of rotatable bonds is 10. The Morgan fingerprint density at radius 3 is 1.63 bits per heavy atom. The average Bonchev–Trinajstić information content (AvgIpc) is 3.14. The van der Waals surface area contributed by atoms with Gasteiger partial charge >= 0.3 is 0 Å². The summed E-state index contributed by atoms with van der Waals surface area (Å²) in [5.74, 6) is 3.50. The van der Waals surface area contributed by atoms with Gasteiger partial charge in [0, 0.05) is 23.2 Å². The molecule has 49 heavy (non-hydrogen) atoms. The molecule has 2 aromatic heterocycles. The third-order valence-electron chi connectivity index (χ3n) is 7.33. The molecule has 5 aromatic carbocycles. The minimum absolute atomic E-state index is 0.396. The highest BCUT2D eigenvalue weighted by Crippen LogP contribution is 2.37. The van der Waals surface area contributed by atoms with E-state index in [1.54, 1.807) is 44.6 Å². The fourth-order valence-corrected chi connectivity index (χ4v) is 5.01. The van der Waals surface area contributed by atoms with Crippen LogP contribution in [0.5, 0.6) is 34.6 Å². The first kappa shape index (κ1) is 32.8. The van der Waals surface area contributed by atoms with E-state index in [1.165, 1.54) is 12.7 Å². The average molecular weight is 674 g/mol. The van der Waals surface area contributed by atoms with Crippen LogP contribution in [0, 0.1) is 0 Å². The molecular weight excluding hydrogens is 642 g/mol. The Balaban J connectivity index is 0.000000177. The van der Waals surface area contributed by atoms with Crippen molar-refractivity contribution in [2.45, 2.75) is 13.2 Å². The molecule has 0 fully saturated rings. The van der Waals surface area contributed by atoms with E-state index < -0.39 is 0 Å². The second kappa shape index (κ2) is 15.6. The van der Waals surface area contributed by atoms with Gasteiger partial charge in [-0.15, -0.1) is 0 Å². The molecule has 10 nitrogen and oxygen atoms in total. The lowest BCUT2D eigenvalue weighted by Gasteiger charge is -2.13. The van der Waals surface area contributed by atoms with Gasteiger partial charge in [0.25, 0.3) is 0 Å². The molecule has 0 aliphatic carbocycles. The Hall–Kier alpha value is -6.13. The maximum absolute atomic E-state index is 6.06. The van der Waals surface area contributed by atoms with Gasteiger partial charge in [-0.25, -0.2) is 19.9 Å². The highest BCUT2D eigenvalue weighted by atomic mass is 35.5. The number of fused-ring (bicyclic) bond motifs is 2. The molecule has 7 aromatic rings. The lowest BCUT2D eigenvalue weighted by Crippen LogP contribution is -1.99. The third kappa shape index (κ3) is 8.24. The molecule has 0 aliphatic rings. The molecular formula is C38H32ClN5O5. The number of methoxy groups -OCH3 is 2. The number of hydrogen-bond donors (Lipinski definition) is 1. The van der Waals surface area contributed by atoms with Crippen LogP contribution < -0.4 is 29.4 Å². The number of hydrogen-bond acceptors (Lipinski definition) is 10. The number of nitrogens with zero attached hydrogens (tertiary/aromatic N) is 4. The van der Waals surface area contributed by atoms with Crippen LogP contribution in [0.2, 0.25) is 5.15 Å². The van der Waals surface area contributed by atoms with Crippen LogP contribution in [0.3, 0.4) is 0 Å². The molecule has 0 aliphatic heterocycles. The van der Waals surface area contributed by atoms with Gasteiger partial charge in [0.15, 0.2) is 23.0 Å². The lowest BCUT2D eigenvalue weighted by molar-refractivity contribution is 0.285. The summed E-state index contributed by atoms with van der Waals surface area (Å²) in [6, 6.07) is 34.3. The normalized spacial score (nSPS) is 10.6. The second-order valence-corrected chi connectivity index (χ2v) is 11.0. The number of anilines is 1.